The maximum Gasteiger partial charge on any atom is 0.141 e. The topological polar surface area (TPSA) is 28.2 Å². The minimum Gasteiger partial charge on any atom is -0.355 e. The normalized spacial score (nSPS) is 16.1. The zero-order valence-corrected chi connectivity index (χ0v) is 12.5. The van der Waals surface area contributed by atoms with Crippen LogP contribution in [0.2, 0.25) is 0 Å². The number of nitrogens with zero attached hydrogens (tertiary/aromatic N) is 2. The fraction of sp³-hybridized carbons (Fsp3) is 0.643. The summed E-state index contributed by atoms with van der Waals surface area (Å²) < 4.78 is 13.4. The minimum absolute atomic E-state index is 0.253. The highest BCUT2D eigenvalue weighted by Gasteiger charge is 2.16. The van der Waals surface area contributed by atoms with Gasteiger partial charge in [-0.25, -0.2) is 9.37 Å². The van der Waals surface area contributed by atoms with Crippen molar-refractivity contribution in [3.8, 4) is 0 Å². The van der Waals surface area contributed by atoms with Crippen molar-refractivity contribution in [2.45, 2.75) is 20.4 Å². The summed E-state index contributed by atoms with van der Waals surface area (Å²) in [5.74, 6) is 3.53. The van der Waals surface area contributed by atoms with Gasteiger partial charge in [0.15, 0.2) is 0 Å². The van der Waals surface area contributed by atoms with Crippen molar-refractivity contribution in [3.63, 3.8) is 0 Å². The zero-order valence-electron chi connectivity index (χ0n) is 11.7. The number of pyridine rings is 1. The highest BCUT2D eigenvalue weighted by atomic mass is 32.2. The second kappa shape index (κ2) is 7.10. The van der Waals surface area contributed by atoms with E-state index in [1.807, 2.05) is 11.8 Å². The Morgan fingerprint density at radius 1 is 1.42 bits per heavy atom. The van der Waals surface area contributed by atoms with Crippen molar-refractivity contribution in [3.05, 3.63) is 23.6 Å². The molecule has 0 unspecified atom stereocenters. The summed E-state index contributed by atoms with van der Waals surface area (Å²) >= 11 is 1.96. The highest BCUT2D eigenvalue weighted by Crippen LogP contribution is 2.22. The van der Waals surface area contributed by atoms with Crippen LogP contribution in [0, 0.1) is 11.7 Å². The lowest BCUT2D eigenvalue weighted by molar-refractivity contribution is 0.548. The first-order valence-corrected chi connectivity index (χ1v) is 8.00. The number of hydrogen-bond donors (Lipinski definition) is 1. The van der Waals surface area contributed by atoms with Crippen LogP contribution in [0.15, 0.2) is 12.3 Å². The summed E-state index contributed by atoms with van der Waals surface area (Å²) in [5, 5.41) is 3.37. The molecule has 106 valence electrons. The van der Waals surface area contributed by atoms with Gasteiger partial charge >= 0.3 is 0 Å². The molecule has 0 bridgehead atoms. The average Bonchev–Trinajstić information content (AvgIpc) is 2.39. The van der Waals surface area contributed by atoms with Crippen LogP contribution in [-0.4, -0.2) is 36.1 Å². The molecule has 1 N–H and O–H groups in total. The van der Waals surface area contributed by atoms with Crippen LogP contribution in [0.4, 0.5) is 10.2 Å². The number of aromatic nitrogens is 1. The summed E-state index contributed by atoms with van der Waals surface area (Å²) in [6, 6.07) is 1.61. The van der Waals surface area contributed by atoms with Gasteiger partial charge in [-0.05, 0) is 18.5 Å². The molecule has 0 amide bonds. The lowest BCUT2D eigenvalue weighted by Gasteiger charge is -2.29. The molecule has 0 aromatic carbocycles. The molecule has 1 aliphatic heterocycles. The van der Waals surface area contributed by atoms with Gasteiger partial charge in [0.25, 0.3) is 0 Å². The summed E-state index contributed by atoms with van der Waals surface area (Å²) in [6.45, 7) is 7.95. The van der Waals surface area contributed by atoms with Gasteiger partial charge in [-0.15, -0.1) is 0 Å². The Bertz CT molecular complexity index is 406. The molecule has 0 saturated carbocycles. The maximum atomic E-state index is 13.4. The molecule has 1 fully saturated rings. The van der Waals surface area contributed by atoms with Crippen LogP contribution in [0.3, 0.4) is 0 Å². The van der Waals surface area contributed by atoms with E-state index in [1.165, 1.54) is 6.20 Å². The average molecular weight is 283 g/mol. The van der Waals surface area contributed by atoms with E-state index < -0.39 is 0 Å². The zero-order chi connectivity index (χ0) is 13.7. The minimum atomic E-state index is -0.253. The molecule has 1 saturated heterocycles. The van der Waals surface area contributed by atoms with E-state index >= 15 is 0 Å². The molecule has 5 heteroatoms. The van der Waals surface area contributed by atoms with Crippen LogP contribution in [0.25, 0.3) is 0 Å². The van der Waals surface area contributed by atoms with E-state index in [4.69, 9.17) is 0 Å². The summed E-state index contributed by atoms with van der Waals surface area (Å²) in [6.07, 6.45) is 1.32. The molecule has 0 aliphatic carbocycles. The van der Waals surface area contributed by atoms with Gasteiger partial charge in [-0.2, -0.15) is 11.8 Å². The van der Waals surface area contributed by atoms with Crippen molar-refractivity contribution < 1.29 is 4.39 Å². The van der Waals surface area contributed by atoms with E-state index in [-0.39, 0.29) is 5.82 Å². The van der Waals surface area contributed by atoms with E-state index in [2.05, 4.69) is 29.0 Å². The molecule has 1 aliphatic rings. The van der Waals surface area contributed by atoms with Crippen molar-refractivity contribution >= 4 is 17.6 Å². The van der Waals surface area contributed by atoms with Gasteiger partial charge in [0, 0.05) is 36.7 Å². The number of halogens is 1. The predicted octanol–water partition coefficient (Wildman–Crippen LogP) is 2.52. The quantitative estimate of drug-likeness (QED) is 0.899. The fourth-order valence-electron chi connectivity index (χ4n) is 2.16. The number of nitrogens with one attached hydrogen (secondary N) is 1. The molecule has 1 aromatic heterocycles. The van der Waals surface area contributed by atoms with Gasteiger partial charge in [0.2, 0.25) is 0 Å². The van der Waals surface area contributed by atoms with E-state index in [0.717, 1.165) is 42.5 Å². The molecule has 1 aromatic rings. The Hall–Kier alpha value is -0.810. The lowest BCUT2D eigenvalue weighted by atomic mass is 10.2. The van der Waals surface area contributed by atoms with Crippen molar-refractivity contribution in [2.24, 2.45) is 5.92 Å². The number of rotatable bonds is 5. The largest absolute Gasteiger partial charge is 0.355 e. The van der Waals surface area contributed by atoms with Crippen molar-refractivity contribution in [1.29, 1.82) is 0 Å². The molecule has 19 heavy (non-hydrogen) atoms. The standard InChI is InChI=1S/C14H22FN3S/c1-11(2)8-16-9-12-7-13(15)10-17-14(12)18-3-5-19-6-4-18/h7,10-11,16H,3-6,8-9H2,1-2H3. The molecule has 0 spiro atoms. The Morgan fingerprint density at radius 2 is 2.16 bits per heavy atom. The molecule has 2 heterocycles. The van der Waals surface area contributed by atoms with E-state index in [1.54, 1.807) is 6.07 Å². The second-order valence-corrected chi connectivity index (χ2v) is 6.49. The molecule has 3 nitrogen and oxygen atoms in total. The van der Waals surface area contributed by atoms with Crippen LogP contribution in [-0.2, 0) is 6.54 Å². The molecular formula is C14H22FN3S. The number of anilines is 1. The first-order valence-electron chi connectivity index (χ1n) is 6.84. The molecule has 2 rings (SSSR count). The molecule has 0 radical (unpaired) electrons. The Kier molecular flexibility index (Phi) is 5.45. The number of hydrogen-bond acceptors (Lipinski definition) is 4. The third kappa shape index (κ3) is 4.35. The Morgan fingerprint density at radius 3 is 2.84 bits per heavy atom. The lowest BCUT2D eigenvalue weighted by Crippen LogP contribution is -2.34. The molecule has 0 atom stereocenters. The third-order valence-electron chi connectivity index (χ3n) is 3.09. The fourth-order valence-corrected chi connectivity index (χ4v) is 3.06. The Labute approximate surface area is 119 Å². The third-order valence-corrected chi connectivity index (χ3v) is 4.03. The van der Waals surface area contributed by atoms with Crippen molar-refractivity contribution in [1.82, 2.24) is 10.3 Å². The second-order valence-electron chi connectivity index (χ2n) is 5.26. The Balaban J connectivity index is 2.08. The predicted molar refractivity (Wildman–Crippen MR) is 80.3 cm³/mol. The van der Waals surface area contributed by atoms with Gasteiger partial charge < -0.3 is 10.2 Å². The maximum absolute atomic E-state index is 13.4. The number of thioether (sulfide) groups is 1. The van der Waals surface area contributed by atoms with Gasteiger partial charge in [0.1, 0.15) is 11.6 Å². The highest BCUT2D eigenvalue weighted by molar-refractivity contribution is 7.99. The van der Waals surface area contributed by atoms with E-state index in [9.17, 15) is 4.39 Å². The summed E-state index contributed by atoms with van der Waals surface area (Å²) in [7, 11) is 0. The smallest absolute Gasteiger partial charge is 0.141 e. The summed E-state index contributed by atoms with van der Waals surface area (Å²) in [5.41, 5.74) is 0.965. The summed E-state index contributed by atoms with van der Waals surface area (Å²) in [4.78, 5) is 6.57. The van der Waals surface area contributed by atoms with Crippen LogP contribution in [0.1, 0.15) is 19.4 Å². The van der Waals surface area contributed by atoms with Crippen LogP contribution >= 0.6 is 11.8 Å². The first-order chi connectivity index (χ1) is 9.16. The SMILES string of the molecule is CC(C)CNCc1cc(F)cnc1N1CCSCC1. The van der Waals surface area contributed by atoms with E-state index in [0.29, 0.717) is 12.5 Å². The van der Waals surface area contributed by atoms with Gasteiger partial charge in [0.05, 0.1) is 6.20 Å². The van der Waals surface area contributed by atoms with Crippen LogP contribution < -0.4 is 10.2 Å². The van der Waals surface area contributed by atoms with Gasteiger partial charge in [-0.1, -0.05) is 13.8 Å². The van der Waals surface area contributed by atoms with Crippen LogP contribution in [0.5, 0.6) is 0 Å². The van der Waals surface area contributed by atoms with Crippen molar-refractivity contribution in [2.75, 3.05) is 36.0 Å². The monoisotopic (exact) mass is 283 g/mol. The molecular weight excluding hydrogens is 261 g/mol. The van der Waals surface area contributed by atoms with Gasteiger partial charge in [-0.3, -0.25) is 0 Å². The first kappa shape index (κ1) is 14.6.